The van der Waals surface area contributed by atoms with Gasteiger partial charge in [-0.05, 0) is 43.4 Å². The highest BCUT2D eigenvalue weighted by molar-refractivity contribution is 7.89. The number of amides is 1. The Kier molecular flexibility index (Phi) is 8.56. The van der Waals surface area contributed by atoms with E-state index in [1.54, 1.807) is 31.2 Å². The van der Waals surface area contributed by atoms with Crippen LogP contribution in [-0.4, -0.2) is 74.4 Å². The van der Waals surface area contributed by atoms with Crippen LogP contribution in [0.1, 0.15) is 30.4 Å². The molecule has 35 heavy (non-hydrogen) atoms. The lowest BCUT2D eigenvalue weighted by atomic mass is 9.96. The van der Waals surface area contributed by atoms with Gasteiger partial charge in [0.2, 0.25) is 15.9 Å². The van der Waals surface area contributed by atoms with Gasteiger partial charge in [0.05, 0.1) is 48.9 Å². The van der Waals surface area contributed by atoms with Crippen molar-refractivity contribution in [3.8, 4) is 0 Å². The molecule has 2 aromatic carbocycles. The smallest absolute Gasteiger partial charge is 0.243 e. The number of carbonyl (C=O) groups excluding carboxylic acids is 1. The number of aliphatic hydroxyl groups excluding tert-OH is 1. The summed E-state index contributed by atoms with van der Waals surface area (Å²) < 4.78 is 40.5. The molecule has 1 amide bonds. The normalized spacial score (nSPS) is 25.8. The van der Waals surface area contributed by atoms with Gasteiger partial charge in [-0.3, -0.25) is 4.79 Å². The molecule has 2 aromatic rings. The Morgan fingerprint density at radius 2 is 1.83 bits per heavy atom. The number of sulfonamides is 1. The lowest BCUT2D eigenvalue weighted by molar-refractivity contribution is -0.146. The van der Waals surface area contributed by atoms with Gasteiger partial charge in [0.25, 0.3) is 0 Å². The molecule has 2 heterocycles. The van der Waals surface area contributed by atoms with Gasteiger partial charge in [0, 0.05) is 13.1 Å². The first-order valence-corrected chi connectivity index (χ1v) is 13.6. The van der Waals surface area contributed by atoms with Crippen molar-refractivity contribution >= 4 is 15.9 Å². The van der Waals surface area contributed by atoms with Gasteiger partial charge in [0.1, 0.15) is 0 Å². The number of nitrogens with one attached hydrogen (secondary N) is 1. The topological polar surface area (TPSA) is 105 Å². The van der Waals surface area contributed by atoms with Gasteiger partial charge in [-0.15, -0.1) is 0 Å². The van der Waals surface area contributed by atoms with E-state index in [-0.39, 0.29) is 43.1 Å². The van der Waals surface area contributed by atoms with E-state index in [1.165, 1.54) is 4.31 Å². The lowest BCUT2D eigenvalue weighted by Crippen LogP contribution is -2.57. The summed E-state index contributed by atoms with van der Waals surface area (Å²) in [7, 11) is -3.86. The van der Waals surface area contributed by atoms with E-state index >= 15 is 0 Å². The molecule has 190 valence electrons. The van der Waals surface area contributed by atoms with Crippen LogP contribution in [0.25, 0.3) is 0 Å². The van der Waals surface area contributed by atoms with E-state index in [0.29, 0.717) is 24.9 Å². The molecule has 9 heteroatoms. The fourth-order valence-electron chi connectivity index (χ4n) is 4.81. The predicted molar refractivity (Wildman–Crippen MR) is 131 cm³/mol. The maximum atomic E-state index is 13.6. The van der Waals surface area contributed by atoms with Crippen LogP contribution in [-0.2, 0) is 30.7 Å². The zero-order valence-corrected chi connectivity index (χ0v) is 20.8. The van der Waals surface area contributed by atoms with E-state index in [9.17, 15) is 18.3 Å². The van der Waals surface area contributed by atoms with Crippen molar-refractivity contribution < 1.29 is 27.8 Å². The highest BCUT2D eigenvalue weighted by Crippen LogP contribution is 2.32. The second-order valence-corrected chi connectivity index (χ2v) is 11.1. The second kappa shape index (κ2) is 11.6. The third kappa shape index (κ3) is 6.48. The number of carbonyl (C=O) groups is 1. The number of rotatable bonds is 7. The monoisotopic (exact) mass is 502 g/mol. The molecule has 2 N–H and O–H groups in total. The van der Waals surface area contributed by atoms with E-state index in [0.717, 1.165) is 12.0 Å². The molecule has 4 rings (SSSR count). The molecule has 0 unspecified atom stereocenters. The van der Waals surface area contributed by atoms with Gasteiger partial charge < -0.3 is 19.9 Å². The van der Waals surface area contributed by atoms with E-state index in [1.807, 2.05) is 30.3 Å². The summed E-state index contributed by atoms with van der Waals surface area (Å²) in [5.74, 6) is -0.0871. The van der Waals surface area contributed by atoms with Crippen LogP contribution in [0, 0.1) is 6.92 Å². The molecule has 0 bridgehead atoms. The number of β-amino-alcohol motifs (C(OH)–C–C–N with tert-alkyl or cyclic N) is 1. The lowest BCUT2D eigenvalue weighted by Gasteiger charge is -2.43. The third-order valence-electron chi connectivity index (χ3n) is 6.61. The summed E-state index contributed by atoms with van der Waals surface area (Å²) in [4.78, 5) is 12.7. The van der Waals surface area contributed by atoms with Gasteiger partial charge in [-0.25, -0.2) is 8.42 Å². The first kappa shape index (κ1) is 25.8. The average Bonchev–Trinajstić information content (AvgIpc) is 2.82. The molecule has 2 aliphatic rings. The standard InChI is InChI=1S/C26H34N2O6S/c1-19-7-5-6-10-25(19)35(31,32)28-16-21(29)17-33-18-24-23(28)12-11-22(34-24)15-26(30)27-14-13-20-8-3-2-4-9-20/h2-10,21-24,29H,11-18H2,1H3,(H,27,30)/t21-,22+,23+,24-/m1/s1. The summed E-state index contributed by atoms with van der Waals surface area (Å²) in [5.41, 5.74) is 1.81. The molecule has 0 spiro atoms. The Morgan fingerprint density at radius 1 is 1.09 bits per heavy atom. The number of aliphatic hydroxyl groups is 1. The van der Waals surface area contributed by atoms with Gasteiger partial charge in [-0.2, -0.15) is 4.31 Å². The Hall–Kier alpha value is -2.30. The summed E-state index contributed by atoms with van der Waals surface area (Å²) in [5, 5.41) is 13.3. The fraction of sp³-hybridized carbons (Fsp3) is 0.500. The number of ether oxygens (including phenoxy) is 2. The number of hydrogen-bond acceptors (Lipinski definition) is 6. The molecule has 2 fully saturated rings. The van der Waals surface area contributed by atoms with Crippen LogP contribution in [0.15, 0.2) is 59.5 Å². The zero-order chi connectivity index (χ0) is 24.8. The quantitative estimate of drug-likeness (QED) is 0.601. The molecule has 0 aliphatic carbocycles. The van der Waals surface area contributed by atoms with Crippen molar-refractivity contribution in [1.82, 2.24) is 9.62 Å². The van der Waals surface area contributed by atoms with Crippen molar-refractivity contribution in [3.63, 3.8) is 0 Å². The minimum absolute atomic E-state index is 0.0248. The number of hydrogen-bond donors (Lipinski definition) is 2. The first-order valence-electron chi connectivity index (χ1n) is 12.1. The summed E-state index contributed by atoms with van der Waals surface area (Å²) >= 11 is 0. The van der Waals surface area contributed by atoms with Crippen molar-refractivity contribution in [3.05, 3.63) is 65.7 Å². The molecule has 2 saturated heterocycles. The van der Waals surface area contributed by atoms with Crippen molar-refractivity contribution in [2.24, 2.45) is 0 Å². The summed E-state index contributed by atoms with van der Waals surface area (Å²) in [6.45, 7) is 2.43. The number of benzene rings is 2. The highest BCUT2D eigenvalue weighted by Gasteiger charge is 2.43. The van der Waals surface area contributed by atoms with Crippen molar-refractivity contribution in [2.75, 3.05) is 26.3 Å². The van der Waals surface area contributed by atoms with Gasteiger partial charge in [-0.1, -0.05) is 48.5 Å². The number of fused-ring (bicyclic) bond motifs is 1. The Bertz CT molecular complexity index is 1090. The van der Waals surface area contributed by atoms with Crippen LogP contribution in [0.3, 0.4) is 0 Å². The fourth-order valence-corrected chi connectivity index (χ4v) is 6.76. The SMILES string of the molecule is Cc1ccccc1S(=O)(=O)N1C[C@@H](O)COC[C@H]2O[C@H](CC(=O)NCCc3ccccc3)CC[C@@H]21. The van der Waals surface area contributed by atoms with Crippen molar-refractivity contribution in [1.29, 1.82) is 0 Å². The van der Waals surface area contributed by atoms with Crippen LogP contribution in [0.4, 0.5) is 0 Å². The van der Waals surface area contributed by atoms with Crippen molar-refractivity contribution in [2.45, 2.75) is 61.9 Å². The predicted octanol–water partition coefficient (Wildman–Crippen LogP) is 2.04. The van der Waals surface area contributed by atoms with E-state index in [4.69, 9.17) is 9.47 Å². The zero-order valence-electron chi connectivity index (χ0n) is 20.0. The van der Waals surface area contributed by atoms with Crippen LogP contribution in [0.5, 0.6) is 0 Å². The molecule has 0 radical (unpaired) electrons. The van der Waals surface area contributed by atoms with Crippen LogP contribution < -0.4 is 5.32 Å². The van der Waals surface area contributed by atoms with Gasteiger partial charge in [0.15, 0.2) is 0 Å². The van der Waals surface area contributed by atoms with Gasteiger partial charge >= 0.3 is 0 Å². The van der Waals surface area contributed by atoms with Crippen LogP contribution in [0.2, 0.25) is 0 Å². The Labute approximate surface area is 207 Å². The minimum Gasteiger partial charge on any atom is -0.389 e. The maximum absolute atomic E-state index is 13.6. The Morgan fingerprint density at radius 3 is 2.60 bits per heavy atom. The second-order valence-electron chi connectivity index (χ2n) is 9.26. The summed E-state index contributed by atoms with van der Waals surface area (Å²) in [6.07, 6.45) is 0.274. The Balaban J connectivity index is 1.40. The molecule has 0 saturated carbocycles. The largest absolute Gasteiger partial charge is 0.389 e. The third-order valence-corrected chi connectivity index (χ3v) is 8.66. The average molecular weight is 503 g/mol. The summed E-state index contributed by atoms with van der Waals surface area (Å²) in [6, 6.07) is 16.3. The molecule has 4 atom stereocenters. The number of aryl methyl sites for hydroxylation is 1. The minimum atomic E-state index is -3.86. The molecule has 0 aromatic heterocycles. The molecular weight excluding hydrogens is 468 g/mol. The van der Waals surface area contributed by atoms with E-state index in [2.05, 4.69) is 5.32 Å². The molecular formula is C26H34N2O6S. The highest BCUT2D eigenvalue weighted by atomic mass is 32.2. The van der Waals surface area contributed by atoms with E-state index < -0.39 is 28.3 Å². The number of nitrogens with zero attached hydrogens (tertiary/aromatic N) is 1. The maximum Gasteiger partial charge on any atom is 0.243 e. The van der Waals surface area contributed by atoms with Crippen LogP contribution >= 0.6 is 0 Å². The molecule has 8 nitrogen and oxygen atoms in total. The molecule has 2 aliphatic heterocycles. The first-order chi connectivity index (χ1) is 16.8.